The van der Waals surface area contributed by atoms with Gasteiger partial charge in [-0.2, -0.15) is 9.90 Å². The summed E-state index contributed by atoms with van der Waals surface area (Å²) >= 11 is 0. The van der Waals surface area contributed by atoms with E-state index in [9.17, 15) is 0 Å². The Kier molecular flexibility index (Phi) is 330. The van der Waals surface area contributed by atoms with Crippen LogP contribution in [0.2, 0.25) is 0 Å². The third kappa shape index (κ3) is 37.2. The molecule has 0 aromatic rings. The summed E-state index contributed by atoms with van der Waals surface area (Å²) in [6.45, 7) is 0. The van der Waals surface area contributed by atoms with E-state index in [-0.39, 0.29) is 228 Å². The first kappa shape index (κ1) is 56.9. The van der Waals surface area contributed by atoms with E-state index < -0.39 is 0 Å². The van der Waals surface area contributed by atoms with Crippen LogP contribution >= 0.6 is 9.90 Å². The molecule has 0 radical (unpaired) electrons. The van der Waals surface area contributed by atoms with Crippen LogP contribution in [0.1, 0.15) is 0 Å². The first-order chi connectivity index (χ1) is 0. The second kappa shape index (κ2) is 46.3. The van der Waals surface area contributed by atoms with Crippen LogP contribution in [0.25, 0.3) is 0 Å². The van der Waals surface area contributed by atoms with Gasteiger partial charge in [-0.05, 0) is 0 Å². The van der Waals surface area contributed by atoms with E-state index in [0.717, 1.165) is 0 Å². The summed E-state index contributed by atoms with van der Waals surface area (Å²) in [5, 5.41) is 0. The second-order valence-corrected chi connectivity index (χ2v) is 0. The van der Waals surface area contributed by atoms with Crippen molar-refractivity contribution < 1.29 is 218 Å². The van der Waals surface area contributed by atoms with E-state index in [0.29, 0.717) is 0 Å². The molecule has 36 valence electrons. The van der Waals surface area contributed by atoms with E-state index in [1.807, 2.05) is 0 Å². The van der Waals surface area contributed by atoms with Gasteiger partial charge in [0.15, 0.2) is 0 Å². The van der Waals surface area contributed by atoms with E-state index in [2.05, 4.69) is 0 Å². The quantitative estimate of drug-likeness (QED) is 0.302. The van der Waals surface area contributed by atoms with Crippen LogP contribution in [-0.4, -0.2) is 0 Å². The van der Waals surface area contributed by atoms with Gasteiger partial charge in [0.1, 0.15) is 0 Å². The summed E-state index contributed by atoms with van der Waals surface area (Å²) < 4.78 is 0. The van der Waals surface area contributed by atoms with Crippen molar-refractivity contribution in [2.75, 3.05) is 0 Å². The van der Waals surface area contributed by atoms with Gasteiger partial charge in [-0.25, -0.2) is 0 Å². The summed E-state index contributed by atoms with van der Waals surface area (Å²) in [5.74, 6) is 0. The van der Waals surface area contributed by atoms with E-state index in [1.54, 1.807) is 0 Å². The maximum Gasteiger partial charge on any atom is 0 e. The molecular weight excluding hydrogens is 1700 g/mol. The molecule has 0 fully saturated rings. The zero-order valence-corrected chi connectivity index (χ0v) is 34.8. The monoisotopic (exact) mass is 1700 g/mol. The Labute approximate surface area is 220 Å². The molecule has 0 aliphatic carbocycles. The minimum Gasteiger partial charge on any atom is -0.153 e. The molecule has 0 aromatic heterocycles. The third-order valence-corrected chi connectivity index (χ3v) is 0. The van der Waals surface area contributed by atoms with Crippen molar-refractivity contribution in [3.63, 3.8) is 0 Å². The topological polar surface area (TPSA) is 0 Å². The van der Waals surface area contributed by atoms with Gasteiger partial charge in [0.25, 0.3) is 0 Å². The van der Waals surface area contributed by atoms with Crippen molar-refractivity contribution in [2.24, 2.45) is 0 Å². The fraction of sp³-hybridized carbons (Fsp3) is 0. The van der Waals surface area contributed by atoms with E-state index in [1.165, 1.54) is 0 Å². The number of hydrogen-bond donors (Lipinski definition) is 0. The van der Waals surface area contributed by atoms with Crippen LogP contribution in [-0.2, 0) is 0 Å². The molecule has 0 aromatic carbocycles. The molecule has 0 N–H and O–H groups in total. The largest absolute Gasteiger partial charge is 0.153 e. The van der Waals surface area contributed by atoms with Crippen LogP contribution in [0.15, 0.2) is 0 Å². The molecule has 0 spiro atoms. The number of rotatable bonds is 0. The first-order valence-electron chi connectivity index (χ1n) is 0. The van der Waals surface area contributed by atoms with Crippen LogP contribution < -0.4 is 0 Å². The molecule has 0 amide bonds. The van der Waals surface area contributed by atoms with Gasteiger partial charge in [0.05, 0.1) is 0 Å². The average Bonchev–Trinajstić information content (AvgIpc) is 0. The first-order valence-corrected chi connectivity index (χ1v) is 0. The smallest absolute Gasteiger partial charge is 0 e. The molecule has 1 atom stereocenters. The Morgan fingerprint density at radius 2 is 0.250 bits per heavy atom. The maximum absolute atomic E-state index is 0. The van der Waals surface area contributed by atoms with E-state index >= 15 is 0 Å². The molecule has 0 saturated heterocycles. The fourth-order valence-electron chi connectivity index (χ4n) is 0. The van der Waals surface area contributed by atoms with Gasteiger partial charge in [-0.1, -0.05) is 0 Å². The van der Waals surface area contributed by atoms with Gasteiger partial charge < -0.3 is 0 Å². The van der Waals surface area contributed by atoms with Crippen molar-refractivity contribution in [3.8, 4) is 0 Å². The van der Waals surface area contributed by atoms with Crippen LogP contribution in [0.5, 0.6) is 0 Å². The van der Waals surface area contributed by atoms with Crippen LogP contribution in [0.3, 0.4) is 0 Å². The Hall–Kier alpha value is 7.79. The number of hydrogen-bond acceptors (Lipinski definition) is 0. The van der Waals surface area contributed by atoms with Crippen molar-refractivity contribution in [1.29, 1.82) is 0 Å². The van der Waals surface area contributed by atoms with Gasteiger partial charge in [0.2, 0.25) is 0 Å². The van der Waals surface area contributed by atoms with Crippen molar-refractivity contribution in [2.45, 2.75) is 0 Å². The molecule has 0 bridgehead atoms. The molecule has 0 nitrogen and oxygen atoms in total. The van der Waals surface area contributed by atoms with Gasteiger partial charge in [-0.3, -0.25) is 0 Å². The Morgan fingerprint density at radius 1 is 0.250 bits per heavy atom. The minimum atomic E-state index is 0. The predicted molar refractivity (Wildman–Crippen MR) is 11.1 cm³/mol. The summed E-state index contributed by atoms with van der Waals surface area (Å²) in [7, 11) is 0. The summed E-state index contributed by atoms with van der Waals surface area (Å²) in [6.07, 6.45) is 0. The standard InChI is InChI=1S/H3P.7U/h1H3;;;;;;;. The Bertz CT molecular complexity index is 4.35. The molecule has 0 aliphatic rings. The van der Waals surface area contributed by atoms with Crippen LogP contribution in [0, 0.1) is 218 Å². The molecule has 8 heteroatoms. The van der Waals surface area contributed by atoms with Crippen molar-refractivity contribution in [1.82, 2.24) is 0 Å². The van der Waals surface area contributed by atoms with Gasteiger partial charge in [-0.15, -0.1) is 0 Å². The van der Waals surface area contributed by atoms with Crippen LogP contribution in [0.4, 0.5) is 0 Å². The maximum atomic E-state index is 0. The molecule has 0 rings (SSSR count). The third-order valence-electron chi connectivity index (χ3n) is 0. The molecule has 0 saturated carbocycles. The fourth-order valence-corrected chi connectivity index (χ4v) is 0. The molecule has 8 heavy (non-hydrogen) atoms. The van der Waals surface area contributed by atoms with Crippen molar-refractivity contribution in [3.05, 3.63) is 0 Å². The zero-order valence-electron chi connectivity index (χ0n) is 4.21. The SMILES string of the molecule is P.[U].[U].[U].[U].[U].[U].[U]. The average molecular weight is 1700 g/mol. The summed E-state index contributed by atoms with van der Waals surface area (Å²) in [6, 6.07) is 0. The second-order valence-electron chi connectivity index (χ2n) is 0. The zero-order chi connectivity index (χ0) is 0. The molecule has 0 aliphatic heterocycles. The predicted octanol–water partition coefficient (Wildman–Crippen LogP) is 0.0581. The van der Waals surface area contributed by atoms with Gasteiger partial charge >= 0.3 is 0 Å². The van der Waals surface area contributed by atoms with Gasteiger partial charge in [0, 0.05) is 218 Å². The molecular formula is H3PU7. The normalized spacial score (nSPS) is 0. The Morgan fingerprint density at radius 3 is 0.250 bits per heavy atom. The minimum absolute atomic E-state index is 0. The summed E-state index contributed by atoms with van der Waals surface area (Å²) in [5.41, 5.74) is 0. The molecule has 1 unspecified atom stereocenters. The van der Waals surface area contributed by atoms with Crippen molar-refractivity contribution >= 4 is 9.90 Å². The Balaban J connectivity index is 0. The molecule has 0 heterocycles. The summed E-state index contributed by atoms with van der Waals surface area (Å²) in [4.78, 5) is 0. The van der Waals surface area contributed by atoms with E-state index in [4.69, 9.17) is 0 Å².